The molecule has 0 radical (unpaired) electrons. The molecule has 0 aromatic heterocycles. The van der Waals surface area contributed by atoms with Crippen LogP contribution in [0.3, 0.4) is 0 Å². The number of hydrazine groups is 1. The molecule has 1 aromatic carbocycles. The zero-order valence-electron chi connectivity index (χ0n) is 11.5. The number of nitrogens with one attached hydrogen (secondary N) is 1. The minimum absolute atomic E-state index is 0.399. The molecule has 1 rings (SSSR count). The van der Waals surface area contributed by atoms with Gasteiger partial charge in [-0.05, 0) is 45.7 Å². The molecule has 4 heteroatoms. The lowest BCUT2D eigenvalue weighted by molar-refractivity contribution is 0.351. The van der Waals surface area contributed by atoms with Gasteiger partial charge in [0.05, 0.1) is 0 Å². The first-order valence-corrected chi connectivity index (χ1v) is 6.52. The molecule has 96 valence electrons. The van der Waals surface area contributed by atoms with Gasteiger partial charge < -0.3 is 4.18 Å². The van der Waals surface area contributed by atoms with Crippen LogP contribution in [0.25, 0.3) is 0 Å². The average Bonchev–Trinajstić information content (AvgIpc) is 2.14. The SMILES string of the molecule is Cc1cc(C)c(OSN(C)NC(C)C)c(C)c1. The van der Waals surface area contributed by atoms with Gasteiger partial charge in [0, 0.05) is 13.1 Å². The van der Waals surface area contributed by atoms with Crippen molar-refractivity contribution in [1.29, 1.82) is 0 Å². The summed E-state index contributed by atoms with van der Waals surface area (Å²) in [5, 5.41) is 0. The Bertz CT molecular complexity index is 357. The number of aryl methyl sites for hydroxylation is 3. The maximum Gasteiger partial charge on any atom is 0.162 e. The lowest BCUT2D eigenvalue weighted by Crippen LogP contribution is -2.34. The van der Waals surface area contributed by atoms with Crippen molar-refractivity contribution in [2.45, 2.75) is 40.7 Å². The summed E-state index contributed by atoms with van der Waals surface area (Å²) in [7, 11) is 1.95. The average molecular weight is 254 g/mol. The van der Waals surface area contributed by atoms with Crippen molar-refractivity contribution in [3.8, 4) is 5.75 Å². The zero-order valence-corrected chi connectivity index (χ0v) is 12.3. The monoisotopic (exact) mass is 254 g/mol. The van der Waals surface area contributed by atoms with Gasteiger partial charge in [0.1, 0.15) is 5.75 Å². The van der Waals surface area contributed by atoms with Gasteiger partial charge in [0.2, 0.25) is 0 Å². The van der Waals surface area contributed by atoms with E-state index in [0.29, 0.717) is 6.04 Å². The minimum atomic E-state index is 0.399. The highest BCUT2D eigenvalue weighted by Crippen LogP contribution is 2.28. The first-order valence-electron chi connectivity index (χ1n) is 5.82. The molecule has 1 aromatic rings. The van der Waals surface area contributed by atoms with E-state index in [-0.39, 0.29) is 0 Å². The van der Waals surface area contributed by atoms with Gasteiger partial charge in [0.25, 0.3) is 0 Å². The van der Waals surface area contributed by atoms with Crippen molar-refractivity contribution < 1.29 is 4.18 Å². The maximum atomic E-state index is 5.77. The Morgan fingerprint density at radius 1 is 1.18 bits per heavy atom. The summed E-state index contributed by atoms with van der Waals surface area (Å²) >= 11 is 1.31. The van der Waals surface area contributed by atoms with Crippen LogP contribution in [-0.2, 0) is 0 Å². The first-order chi connectivity index (χ1) is 7.90. The third-order valence-corrected chi connectivity index (χ3v) is 2.85. The van der Waals surface area contributed by atoms with Crippen LogP contribution in [0.15, 0.2) is 12.1 Å². The highest BCUT2D eigenvalue weighted by atomic mass is 32.2. The smallest absolute Gasteiger partial charge is 0.162 e. The van der Waals surface area contributed by atoms with Gasteiger partial charge in [-0.25, -0.2) is 5.43 Å². The molecule has 0 unspecified atom stereocenters. The van der Waals surface area contributed by atoms with Crippen LogP contribution in [0, 0.1) is 20.8 Å². The second-order valence-corrected chi connectivity index (χ2v) is 5.53. The standard InChI is InChI=1S/C13H22N2OS/c1-9(2)14-15(6)17-16-13-11(4)7-10(3)8-12(13)5/h7-9,14H,1-6H3. The Morgan fingerprint density at radius 2 is 1.71 bits per heavy atom. The fourth-order valence-electron chi connectivity index (χ4n) is 1.78. The molecule has 0 atom stereocenters. The Balaban J connectivity index is 2.63. The molecule has 3 nitrogen and oxygen atoms in total. The predicted molar refractivity (Wildman–Crippen MR) is 74.9 cm³/mol. The summed E-state index contributed by atoms with van der Waals surface area (Å²) in [6.45, 7) is 10.4. The summed E-state index contributed by atoms with van der Waals surface area (Å²) in [5.41, 5.74) is 6.85. The van der Waals surface area contributed by atoms with Crippen molar-refractivity contribution in [3.63, 3.8) is 0 Å². The molecule has 0 amide bonds. The fourth-order valence-corrected chi connectivity index (χ4v) is 2.48. The number of rotatable bonds is 5. The van der Waals surface area contributed by atoms with Crippen molar-refractivity contribution in [2.24, 2.45) is 0 Å². The van der Waals surface area contributed by atoms with E-state index in [9.17, 15) is 0 Å². The quantitative estimate of drug-likeness (QED) is 0.494. The molecule has 0 heterocycles. The number of benzene rings is 1. The van der Waals surface area contributed by atoms with Gasteiger partial charge in [-0.3, -0.25) is 0 Å². The molecule has 0 aliphatic rings. The third-order valence-electron chi connectivity index (χ3n) is 2.28. The van der Waals surface area contributed by atoms with Crippen LogP contribution in [0.5, 0.6) is 5.75 Å². The van der Waals surface area contributed by atoms with E-state index in [1.807, 2.05) is 11.5 Å². The Morgan fingerprint density at radius 3 is 2.18 bits per heavy atom. The van der Waals surface area contributed by atoms with Gasteiger partial charge in [0.15, 0.2) is 12.2 Å². The molecule has 0 saturated carbocycles. The van der Waals surface area contributed by atoms with Crippen LogP contribution in [0.2, 0.25) is 0 Å². The van der Waals surface area contributed by atoms with Crippen LogP contribution in [0.4, 0.5) is 0 Å². The van der Waals surface area contributed by atoms with Crippen LogP contribution < -0.4 is 9.61 Å². The normalized spacial score (nSPS) is 11.3. The Kier molecular flexibility index (Phi) is 5.31. The first kappa shape index (κ1) is 14.4. The van der Waals surface area contributed by atoms with Crippen LogP contribution >= 0.6 is 12.2 Å². The Hall–Kier alpha value is -0.710. The summed E-state index contributed by atoms with van der Waals surface area (Å²) in [4.78, 5) is 0. The van der Waals surface area contributed by atoms with E-state index in [1.54, 1.807) is 0 Å². The van der Waals surface area contributed by atoms with Gasteiger partial charge in [-0.1, -0.05) is 17.7 Å². The summed E-state index contributed by atoms with van der Waals surface area (Å²) in [6.07, 6.45) is 0. The molecule has 0 aliphatic heterocycles. The van der Waals surface area contributed by atoms with E-state index >= 15 is 0 Å². The van der Waals surface area contributed by atoms with Gasteiger partial charge >= 0.3 is 0 Å². The minimum Gasteiger partial charge on any atom is -0.408 e. The fraction of sp³-hybridized carbons (Fsp3) is 0.538. The number of hydrogen-bond acceptors (Lipinski definition) is 4. The van der Waals surface area contributed by atoms with Gasteiger partial charge in [-0.2, -0.15) is 4.41 Å². The highest BCUT2D eigenvalue weighted by Gasteiger charge is 2.08. The van der Waals surface area contributed by atoms with Crippen molar-refractivity contribution in [3.05, 3.63) is 28.8 Å². The molecule has 0 bridgehead atoms. The second-order valence-electron chi connectivity index (χ2n) is 4.67. The summed E-state index contributed by atoms with van der Waals surface area (Å²) in [5.74, 6) is 0.956. The molecule has 17 heavy (non-hydrogen) atoms. The molecular weight excluding hydrogens is 232 g/mol. The predicted octanol–water partition coefficient (Wildman–Crippen LogP) is 3.40. The van der Waals surface area contributed by atoms with Crippen molar-refractivity contribution in [2.75, 3.05) is 7.05 Å². The summed E-state index contributed by atoms with van der Waals surface area (Å²) < 4.78 is 7.64. The van der Waals surface area contributed by atoms with Crippen molar-refractivity contribution >= 4 is 12.2 Å². The van der Waals surface area contributed by atoms with E-state index in [0.717, 1.165) is 5.75 Å². The van der Waals surface area contributed by atoms with Gasteiger partial charge in [-0.15, -0.1) is 0 Å². The summed E-state index contributed by atoms with van der Waals surface area (Å²) in [6, 6.07) is 4.67. The van der Waals surface area contributed by atoms with Crippen LogP contribution in [-0.4, -0.2) is 17.5 Å². The molecule has 0 saturated heterocycles. The lowest BCUT2D eigenvalue weighted by Gasteiger charge is -2.20. The lowest BCUT2D eigenvalue weighted by atomic mass is 10.1. The molecule has 0 fully saturated rings. The van der Waals surface area contributed by atoms with E-state index < -0.39 is 0 Å². The number of hydrogen-bond donors (Lipinski definition) is 1. The second kappa shape index (κ2) is 6.28. The maximum absolute atomic E-state index is 5.77. The zero-order chi connectivity index (χ0) is 13.0. The third kappa shape index (κ3) is 4.58. The Labute approximate surface area is 109 Å². The molecule has 0 aliphatic carbocycles. The van der Waals surface area contributed by atoms with Crippen molar-refractivity contribution in [1.82, 2.24) is 9.84 Å². The molecular formula is C13H22N2OS. The topological polar surface area (TPSA) is 24.5 Å². The van der Waals surface area contributed by atoms with E-state index in [1.165, 1.54) is 28.9 Å². The molecule has 0 spiro atoms. The number of nitrogens with zero attached hydrogens (tertiary/aromatic N) is 1. The molecule has 1 N–H and O–H groups in total. The largest absolute Gasteiger partial charge is 0.408 e. The van der Waals surface area contributed by atoms with E-state index in [4.69, 9.17) is 4.18 Å². The van der Waals surface area contributed by atoms with E-state index in [2.05, 4.69) is 52.2 Å². The van der Waals surface area contributed by atoms with Crippen LogP contribution in [0.1, 0.15) is 30.5 Å². The highest BCUT2D eigenvalue weighted by molar-refractivity contribution is 7.92.